The number of nitrogens with zero attached hydrogens (tertiary/aromatic N) is 3. The van der Waals surface area contributed by atoms with Gasteiger partial charge in [0.2, 0.25) is 10.0 Å². The van der Waals surface area contributed by atoms with E-state index in [1.54, 1.807) is 0 Å². The molecule has 0 aliphatic carbocycles. The quantitative estimate of drug-likeness (QED) is 0.564. The van der Waals surface area contributed by atoms with Crippen molar-refractivity contribution >= 4 is 38.2 Å². The van der Waals surface area contributed by atoms with Crippen LogP contribution in [0.1, 0.15) is 71.7 Å². The minimum absolute atomic E-state index is 0.00583. The van der Waals surface area contributed by atoms with Crippen LogP contribution in [0.2, 0.25) is 0 Å². The maximum atomic E-state index is 13.6. The highest BCUT2D eigenvalue weighted by Gasteiger charge is 2.34. The smallest absolute Gasteiger partial charge is 0.257 e. The normalized spacial score (nSPS) is 22.7. The van der Waals surface area contributed by atoms with E-state index in [9.17, 15) is 18.0 Å². The van der Waals surface area contributed by atoms with Gasteiger partial charge in [0.15, 0.2) is 0 Å². The number of amides is 2. The molecule has 2 saturated heterocycles. The van der Waals surface area contributed by atoms with Crippen molar-refractivity contribution < 1.29 is 22.7 Å². The zero-order valence-corrected chi connectivity index (χ0v) is 24.7. The van der Waals surface area contributed by atoms with Crippen molar-refractivity contribution in [1.29, 1.82) is 0 Å². The Labute approximate surface area is 235 Å². The number of thiophene rings is 1. The van der Waals surface area contributed by atoms with Gasteiger partial charge in [0.25, 0.3) is 11.8 Å². The van der Waals surface area contributed by atoms with Crippen molar-refractivity contribution in [2.45, 2.75) is 76.6 Å². The second-order valence-electron chi connectivity index (χ2n) is 11.1. The fourth-order valence-electron chi connectivity index (χ4n) is 5.69. The van der Waals surface area contributed by atoms with Crippen molar-refractivity contribution in [3.8, 4) is 0 Å². The fraction of sp³-hybridized carbons (Fsp3) is 0.571. The molecule has 5 rings (SSSR count). The lowest BCUT2D eigenvalue weighted by molar-refractivity contribution is -0.0440. The van der Waals surface area contributed by atoms with Gasteiger partial charge in [-0.3, -0.25) is 14.5 Å². The average Bonchev–Trinajstić information content (AvgIpc) is 3.55. The van der Waals surface area contributed by atoms with E-state index in [1.165, 1.54) is 39.9 Å². The molecule has 2 fully saturated rings. The highest BCUT2D eigenvalue weighted by Crippen LogP contribution is 2.39. The Hall–Kier alpha value is -2.31. The molecule has 39 heavy (non-hydrogen) atoms. The van der Waals surface area contributed by atoms with Crippen molar-refractivity contribution in [3.63, 3.8) is 0 Å². The van der Waals surface area contributed by atoms with Gasteiger partial charge in [-0.2, -0.15) is 4.31 Å². The molecule has 0 saturated carbocycles. The van der Waals surface area contributed by atoms with Gasteiger partial charge in [0, 0.05) is 55.8 Å². The summed E-state index contributed by atoms with van der Waals surface area (Å²) in [5.41, 5.74) is 2.02. The first kappa shape index (κ1) is 28.2. The molecular weight excluding hydrogens is 536 g/mol. The first-order valence-electron chi connectivity index (χ1n) is 13.8. The first-order chi connectivity index (χ1) is 18.5. The van der Waals surface area contributed by atoms with E-state index in [1.807, 2.05) is 18.7 Å². The Kier molecular flexibility index (Phi) is 8.17. The summed E-state index contributed by atoms with van der Waals surface area (Å²) in [6.07, 6.45) is 2.40. The Morgan fingerprint density at radius 3 is 2.28 bits per heavy atom. The van der Waals surface area contributed by atoms with Crippen LogP contribution in [0.4, 0.5) is 5.00 Å². The number of fused-ring (bicyclic) bond motifs is 1. The van der Waals surface area contributed by atoms with Crippen molar-refractivity contribution in [2.24, 2.45) is 0 Å². The molecule has 2 unspecified atom stereocenters. The molecule has 1 N–H and O–H groups in total. The van der Waals surface area contributed by atoms with Crippen LogP contribution in [-0.4, -0.2) is 85.3 Å². The Bertz CT molecular complexity index is 1320. The third-order valence-corrected chi connectivity index (χ3v) is 10.8. The number of ether oxygens (including phenoxy) is 1. The molecule has 3 aliphatic rings. The average molecular weight is 575 g/mol. The molecule has 11 heteroatoms. The first-order valence-corrected chi connectivity index (χ1v) is 16.0. The van der Waals surface area contributed by atoms with E-state index in [-0.39, 0.29) is 28.9 Å². The second kappa shape index (κ2) is 11.3. The molecule has 1 aromatic carbocycles. The van der Waals surface area contributed by atoms with Crippen LogP contribution >= 0.6 is 11.3 Å². The van der Waals surface area contributed by atoms with Crippen LogP contribution in [0.15, 0.2) is 29.2 Å². The summed E-state index contributed by atoms with van der Waals surface area (Å²) in [5, 5.41) is 3.59. The van der Waals surface area contributed by atoms with Gasteiger partial charge in [-0.25, -0.2) is 8.42 Å². The molecule has 1 aromatic heterocycles. The monoisotopic (exact) mass is 574 g/mol. The predicted octanol–water partition coefficient (Wildman–Crippen LogP) is 3.80. The predicted molar refractivity (Wildman–Crippen MR) is 152 cm³/mol. The molecule has 0 radical (unpaired) electrons. The molecule has 3 aliphatic heterocycles. The number of benzene rings is 1. The maximum Gasteiger partial charge on any atom is 0.257 e. The number of nitrogens with one attached hydrogen (secondary N) is 1. The molecule has 2 amide bonds. The van der Waals surface area contributed by atoms with E-state index in [0.717, 1.165) is 55.9 Å². The number of hydrogen-bond donors (Lipinski definition) is 1. The highest BCUT2D eigenvalue weighted by molar-refractivity contribution is 7.89. The Morgan fingerprint density at radius 1 is 1.03 bits per heavy atom. The van der Waals surface area contributed by atoms with Gasteiger partial charge in [-0.15, -0.1) is 11.3 Å². The third-order valence-electron chi connectivity index (χ3n) is 7.79. The van der Waals surface area contributed by atoms with Crippen LogP contribution in [0.5, 0.6) is 0 Å². The molecule has 0 bridgehead atoms. The summed E-state index contributed by atoms with van der Waals surface area (Å²) in [6.45, 7) is 11.8. The molecular formula is C28H38N4O5S2. The van der Waals surface area contributed by atoms with Gasteiger partial charge in [-0.05, 0) is 76.8 Å². The van der Waals surface area contributed by atoms with Crippen LogP contribution in [0.3, 0.4) is 0 Å². The van der Waals surface area contributed by atoms with Gasteiger partial charge in [0.1, 0.15) is 5.00 Å². The lowest BCUT2D eigenvalue weighted by atomic mass is 10.0. The zero-order valence-electron chi connectivity index (χ0n) is 23.1. The van der Waals surface area contributed by atoms with E-state index >= 15 is 0 Å². The van der Waals surface area contributed by atoms with Crippen LogP contribution in [0, 0.1) is 0 Å². The minimum atomic E-state index is -3.70. The summed E-state index contributed by atoms with van der Waals surface area (Å²) < 4.78 is 33.5. The number of rotatable bonds is 6. The van der Waals surface area contributed by atoms with Gasteiger partial charge < -0.3 is 15.0 Å². The fourth-order valence-corrected chi connectivity index (χ4v) is 8.54. The standard InChI is InChI=1S/C28H38N4O5S2/c1-18(2)31-14-11-23-24(17-31)38-27(25(23)28(34)30-12-5-6-13-30)29-26(33)21-7-9-22(10-8-21)39(35,36)32-15-19(3)37-20(4)16-32/h7-10,18-20H,5-6,11-17H2,1-4H3,(H,29,33). The summed E-state index contributed by atoms with van der Waals surface area (Å²) in [7, 11) is -3.70. The molecule has 4 heterocycles. The summed E-state index contributed by atoms with van der Waals surface area (Å²) in [6, 6.07) is 6.42. The van der Waals surface area contributed by atoms with Crippen LogP contribution in [-0.2, 0) is 27.7 Å². The lowest BCUT2D eigenvalue weighted by Crippen LogP contribution is -2.48. The number of anilines is 1. The van der Waals surface area contributed by atoms with Gasteiger partial charge in [-0.1, -0.05) is 0 Å². The number of carbonyl (C=O) groups excluding carboxylic acids is 2. The van der Waals surface area contributed by atoms with E-state index in [4.69, 9.17) is 4.74 Å². The Morgan fingerprint density at radius 2 is 1.67 bits per heavy atom. The molecule has 212 valence electrons. The van der Waals surface area contributed by atoms with Gasteiger partial charge >= 0.3 is 0 Å². The number of hydrogen-bond acceptors (Lipinski definition) is 7. The Balaban J connectivity index is 1.38. The summed E-state index contributed by atoms with van der Waals surface area (Å²) >= 11 is 1.48. The largest absolute Gasteiger partial charge is 0.373 e. The van der Waals surface area contributed by atoms with E-state index in [2.05, 4.69) is 24.1 Å². The van der Waals surface area contributed by atoms with Crippen LogP contribution in [0.25, 0.3) is 0 Å². The molecule has 9 nitrogen and oxygen atoms in total. The summed E-state index contributed by atoms with van der Waals surface area (Å²) in [4.78, 5) is 32.4. The minimum Gasteiger partial charge on any atom is -0.373 e. The number of morpholine rings is 1. The zero-order chi connectivity index (χ0) is 27.9. The second-order valence-corrected chi connectivity index (χ2v) is 14.1. The number of carbonyl (C=O) groups is 2. The third kappa shape index (κ3) is 5.78. The van der Waals surface area contributed by atoms with E-state index in [0.29, 0.717) is 35.3 Å². The maximum absolute atomic E-state index is 13.6. The molecule has 0 spiro atoms. The number of likely N-dealkylation sites (tertiary alicyclic amines) is 1. The molecule has 2 aromatic rings. The molecule has 2 atom stereocenters. The van der Waals surface area contributed by atoms with Crippen molar-refractivity contribution in [1.82, 2.24) is 14.1 Å². The van der Waals surface area contributed by atoms with E-state index < -0.39 is 10.0 Å². The SMILES string of the molecule is CC1CN(S(=O)(=O)c2ccc(C(=O)Nc3sc4c(c3C(=O)N3CCCC3)CCN(C(C)C)C4)cc2)CC(C)O1. The number of sulfonamides is 1. The van der Waals surface area contributed by atoms with Crippen molar-refractivity contribution in [2.75, 3.05) is 38.0 Å². The van der Waals surface area contributed by atoms with Crippen molar-refractivity contribution in [3.05, 3.63) is 45.8 Å². The van der Waals surface area contributed by atoms with Gasteiger partial charge in [0.05, 0.1) is 22.7 Å². The lowest BCUT2D eigenvalue weighted by Gasteiger charge is -2.34. The van der Waals surface area contributed by atoms with Crippen LogP contribution < -0.4 is 5.32 Å². The summed E-state index contributed by atoms with van der Waals surface area (Å²) in [5.74, 6) is -0.365. The topological polar surface area (TPSA) is 99.3 Å². The highest BCUT2D eigenvalue weighted by atomic mass is 32.2.